The summed E-state index contributed by atoms with van der Waals surface area (Å²) in [4.78, 5) is 16.4. The van der Waals surface area contributed by atoms with Gasteiger partial charge in [-0.15, -0.1) is 0 Å². The second-order valence-corrected chi connectivity index (χ2v) is 6.66. The zero-order valence-corrected chi connectivity index (χ0v) is 14.7. The smallest absolute Gasteiger partial charge is 0.220 e. The Balaban J connectivity index is 1.82. The molecule has 2 aromatic rings. The van der Waals surface area contributed by atoms with E-state index in [4.69, 9.17) is 10.2 Å². The maximum absolute atomic E-state index is 12.1. The molecule has 1 amide bonds. The molecule has 1 heterocycles. The molecule has 0 spiro atoms. The summed E-state index contributed by atoms with van der Waals surface area (Å²) >= 11 is 0. The maximum atomic E-state index is 12.1. The van der Waals surface area contributed by atoms with Gasteiger partial charge in [-0.05, 0) is 19.3 Å². The van der Waals surface area contributed by atoms with Gasteiger partial charge in [0.1, 0.15) is 0 Å². The Hall–Kier alpha value is -2.14. The molecule has 0 bridgehead atoms. The number of benzene rings is 1. The molecule has 130 valence electrons. The molecule has 1 unspecified atom stereocenters. The highest BCUT2D eigenvalue weighted by molar-refractivity contribution is 5.76. The second-order valence-electron chi connectivity index (χ2n) is 6.66. The number of hydrogen-bond donors (Lipinski definition) is 2. The van der Waals surface area contributed by atoms with Crippen LogP contribution in [-0.2, 0) is 11.2 Å². The van der Waals surface area contributed by atoms with Crippen molar-refractivity contribution in [1.29, 1.82) is 0 Å². The van der Waals surface area contributed by atoms with E-state index in [0.717, 1.165) is 11.3 Å². The molecule has 1 atom stereocenters. The minimum atomic E-state index is -0.361. The van der Waals surface area contributed by atoms with Crippen molar-refractivity contribution in [2.24, 2.45) is 11.7 Å². The first-order valence-electron chi connectivity index (χ1n) is 8.46. The van der Waals surface area contributed by atoms with Gasteiger partial charge in [-0.1, -0.05) is 44.2 Å². The number of nitrogens with zero attached hydrogens (tertiary/aromatic N) is 1. The van der Waals surface area contributed by atoms with Crippen molar-refractivity contribution in [3.8, 4) is 11.3 Å². The number of nitrogens with one attached hydrogen (secondary N) is 1. The zero-order chi connectivity index (χ0) is 17.6. The third-order valence-electron chi connectivity index (χ3n) is 4.53. The van der Waals surface area contributed by atoms with Crippen LogP contribution in [0, 0.1) is 5.92 Å². The van der Waals surface area contributed by atoms with Gasteiger partial charge in [0.15, 0.2) is 11.7 Å². The van der Waals surface area contributed by atoms with E-state index in [1.165, 1.54) is 0 Å². The topological polar surface area (TPSA) is 81.1 Å². The third kappa shape index (κ3) is 4.68. The predicted octanol–water partition coefficient (Wildman–Crippen LogP) is 3.15. The minimum Gasteiger partial charge on any atom is -0.441 e. The Morgan fingerprint density at radius 2 is 2.04 bits per heavy atom. The van der Waals surface area contributed by atoms with Crippen molar-refractivity contribution >= 4 is 5.91 Å². The van der Waals surface area contributed by atoms with Crippen LogP contribution in [0.2, 0.25) is 0 Å². The van der Waals surface area contributed by atoms with E-state index >= 15 is 0 Å². The van der Waals surface area contributed by atoms with Crippen LogP contribution in [0.25, 0.3) is 11.3 Å². The summed E-state index contributed by atoms with van der Waals surface area (Å²) in [5.41, 5.74) is 6.44. The van der Waals surface area contributed by atoms with Crippen LogP contribution in [-0.4, -0.2) is 23.0 Å². The summed E-state index contributed by atoms with van der Waals surface area (Å²) in [6, 6.07) is 9.86. The Labute approximate surface area is 143 Å². The van der Waals surface area contributed by atoms with Gasteiger partial charge in [0.05, 0.1) is 11.7 Å². The largest absolute Gasteiger partial charge is 0.441 e. The molecule has 3 N–H and O–H groups in total. The Bertz CT molecular complexity index is 652. The van der Waals surface area contributed by atoms with Crippen molar-refractivity contribution in [1.82, 2.24) is 10.3 Å². The van der Waals surface area contributed by atoms with Gasteiger partial charge in [0.2, 0.25) is 5.91 Å². The maximum Gasteiger partial charge on any atom is 0.220 e. The SMILES string of the molecule is CC(C)C(C)(CN)NC(=O)CCCc1ncc(-c2ccccc2)o1. The monoisotopic (exact) mass is 329 g/mol. The van der Waals surface area contributed by atoms with Crippen LogP contribution < -0.4 is 11.1 Å². The number of nitrogens with two attached hydrogens (primary N) is 1. The standard InChI is InChI=1S/C19H27N3O2/c1-14(2)19(3,13-20)22-17(23)10-7-11-18-21-12-16(24-18)15-8-5-4-6-9-15/h4-6,8-9,12,14H,7,10-11,13,20H2,1-3H3,(H,22,23). The van der Waals surface area contributed by atoms with Gasteiger partial charge < -0.3 is 15.5 Å². The van der Waals surface area contributed by atoms with Crippen molar-refractivity contribution in [2.75, 3.05) is 6.54 Å². The van der Waals surface area contributed by atoms with Crippen molar-refractivity contribution in [3.05, 3.63) is 42.4 Å². The zero-order valence-electron chi connectivity index (χ0n) is 14.7. The first kappa shape index (κ1) is 18.2. The van der Waals surface area contributed by atoms with Gasteiger partial charge in [-0.25, -0.2) is 4.98 Å². The van der Waals surface area contributed by atoms with Crippen LogP contribution in [0.1, 0.15) is 39.5 Å². The van der Waals surface area contributed by atoms with Crippen molar-refractivity contribution in [3.63, 3.8) is 0 Å². The average molecular weight is 329 g/mol. The number of hydrogen-bond acceptors (Lipinski definition) is 4. The summed E-state index contributed by atoms with van der Waals surface area (Å²) < 4.78 is 5.75. The van der Waals surface area contributed by atoms with E-state index < -0.39 is 0 Å². The summed E-state index contributed by atoms with van der Waals surface area (Å²) in [7, 11) is 0. The molecule has 2 rings (SSSR count). The number of rotatable bonds is 8. The molecule has 0 fully saturated rings. The average Bonchev–Trinajstić information content (AvgIpc) is 3.04. The number of carbonyl (C=O) groups is 1. The fraction of sp³-hybridized carbons (Fsp3) is 0.474. The summed E-state index contributed by atoms with van der Waals surface area (Å²) in [5, 5.41) is 3.04. The lowest BCUT2D eigenvalue weighted by molar-refractivity contribution is -0.123. The number of carbonyl (C=O) groups excluding carboxylic acids is 1. The Kier molecular flexibility index (Phi) is 6.15. The first-order valence-corrected chi connectivity index (χ1v) is 8.46. The van der Waals surface area contributed by atoms with E-state index in [1.54, 1.807) is 6.20 Å². The normalized spacial score (nSPS) is 13.7. The number of amides is 1. The summed E-state index contributed by atoms with van der Waals surface area (Å²) in [6.07, 6.45) is 3.50. The quantitative estimate of drug-likeness (QED) is 0.779. The van der Waals surface area contributed by atoms with Crippen molar-refractivity contribution in [2.45, 2.75) is 45.6 Å². The Morgan fingerprint density at radius 1 is 1.33 bits per heavy atom. The molecule has 1 aromatic carbocycles. The summed E-state index contributed by atoms with van der Waals surface area (Å²) in [5.74, 6) is 1.72. The van der Waals surface area contributed by atoms with Crippen LogP contribution in [0.15, 0.2) is 40.9 Å². The van der Waals surface area contributed by atoms with E-state index in [2.05, 4.69) is 24.1 Å². The molecule has 5 nitrogen and oxygen atoms in total. The van der Waals surface area contributed by atoms with Crippen molar-refractivity contribution < 1.29 is 9.21 Å². The highest BCUT2D eigenvalue weighted by Crippen LogP contribution is 2.20. The molecule has 0 saturated carbocycles. The predicted molar refractivity (Wildman–Crippen MR) is 95.3 cm³/mol. The molecular weight excluding hydrogens is 302 g/mol. The molecule has 5 heteroatoms. The van der Waals surface area contributed by atoms with Gasteiger partial charge in [0.25, 0.3) is 0 Å². The lowest BCUT2D eigenvalue weighted by Crippen LogP contribution is -2.54. The van der Waals surface area contributed by atoms with Crippen LogP contribution in [0.5, 0.6) is 0 Å². The number of aryl methyl sites for hydroxylation is 1. The van der Waals surface area contributed by atoms with Gasteiger partial charge in [-0.3, -0.25) is 4.79 Å². The molecule has 0 aliphatic carbocycles. The number of aromatic nitrogens is 1. The van der Waals surface area contributed by atoms with Gasteiger partial charge in [0, 0.05) is 24.9 Å². The van der Waals surface area contributed by atoms with Crippen LogP contribution >= 0.6 is 0 Å². The minimum absolute atomic E-state index is 0.0199. The fourth-order valence-electron chi connectivity index (χ4n) is 2.37. The second kappa shape index (κ2) is 8.11. The molecule has 0 aliphatic heterocycles. The molecule has 0 aliphatic rings. The lowest BCUT2D eigenvalue weighted by atomic mass is 9.88. The Morgan fingerprint density at radius 3 is 2.67 bits per heavy atom. The van der Waals surface area contributed by atoms with Crippen LogP contribution in [0.3, 0.4) is 0 Å². The summed E-state index contributed by atoms with van der Waals surface area (Å²) in [6.45, 7) is 6.53. The fourth-order valence-corrected chi connectivity index (χ4v) is 2.37. The third-order valence-corrected chi connectivity index (χ3v) is 4.53. The highest BCUT2D eigenvalue weighted by atomic mass is 16.4. The van der Waals surface area contributed by atoms with E-state index in [-0.39, 0.29) is 17.4 Å². The lowest BCUT2D eigenvalue weighted by Gasteiger charge is -2.33. The molecule has 0 radical (unpaired) electrons. The molecule has 1 aromatic heterocycles. The molecule has 24 heavy (non-hydrogen) atoms. The first-order chi connectivity index (χ1) is 11.4. The van der Waals surface area contributed by atoms with E-state index in [1.807, 2.05) is 37.3 Å². The van der Waals surface area contributed by atoms with Gasteiger partial charge in [-0.2, -0.15) is 0 Å². The number of oxazole rings is 1. The molecule has 0 saturated heterocycles. The van der Waals surface area contributed by atoms with E-state index in [0.29, 0.717) is 31.7 Å². The van der Waals surface area contributed by atoms with Gasteiger partial charge >= 0.3 is 0 Å². The van der Waals surface area contributed by atoms with E-state index in [9.17, 15) is 4.79 Å². The highest BCUT2D eigenvalue weighted by Gasteiger charge is 2.28. The van der Waals surface area contributed by atoms with Crippen LogP contribution in [0.4, 0.5) is 0 Å². The molecular formula is C19H27N3O2.